The fraction of sp³-hybridized carbons (Fsp3) is 0.385. The molecule has 0 N–H and O–H groups in total. The first kappa shape index (κ1) is 11.5. The summed E-state index contributed by atoms with van der Waals surface area (Å²) in [6.45, 7) is 1.91. The van der Waals surface area contributed by atoms with E-state index in [0.29, 0.717) is 6.42 Å². The van der Waals surface area contributed by atoms with Crippen molar-refractivity contribution in [3.05, 3.63) is 24.3 Å². The predicted molar refractivity (Wildman–Crippen MR) is 63.7 cm³/mol. The zero-order valence-electron chi connectivity index (χ0n) is 9.88. The molecule has 0 radical (unpaired) electrons. The standard InChI is InChI=1S/C13H14N2O2/c1-9-10(8-14)7-13(16)15(9)11-3-5-12(17-2)6-4-11/h3-6,9-10H,7H2,1-2H3. The number of rotatable bonds is 2. The Labute approximate surface area is 100 Å². The van der Waals surface area contributed by atoms with Crippen LogP contribution in [0.4, 0.5) is 5.69 Å². The molecule has 0 aliphatic carbocycles. The molecule has 0 bridgehead atoms. The minimum absolute atomic E-state index is 0.00853. The fourth-order valence-corrected chi connectivity index (χ4v) is 2.14. The van der Waals surface area contributed by atoms with E-state index in [1.807, 2.05) is 31.2 Å². The summed E-state index contributed by atoms with van der Waals surface area (Å²) in [5.74, 6) is 0.545. The number of carbonyl (C=O) groups excluding carboxylic acids is 1. The third-order valence-electron chi connectivity index (χ3n) is 3.17. The van der Waals surface area contributed by atoms with E-state index >= 15 is 0 Å². The van der Waals surface area contributed by atoms with E-state index in [9.17, 15) is 4.79 Å². The molecule has 4 heteroatoms. The summed E-state index contributed by atoms with van der Waals surface area (Å²) in [5, 5.41) is 8.95. The quantitative estimate of drug-likeness (QED) is 0.780. The van der Waals surface area contributed by atoms with Gasteiger partial charge in [-0.05, 0) is 31.2 Å². The number of nitriles is 1. The number of ether oxygens (including phenoxy) is 1. The number of hydrogen-bond acceptors (Lipinski definition) is 3. The molecule has 2 atom stereocenters. The molecule has 0 spiro atoms. The lowest BCUT2D eigenvalue weighted by molar-refractivity contribution is -0.117. The molecule has 0 aromatic heterocycles. The number of anilines is 1. The van der Waals surface area contributed by atoms with Crippen LogP contribution >= 0.6 is 0 Å². The highest BCUT2D eigenvalue weighted by Crippen LogP contribution is 2.31. The van der Waals surface area contributed by atoms with Crippen LogP contribution in [0.5, 0.6) is 5.75 Å². The van der Waals surface area contributed by atoms with Crippen LogP contribution in [0.3, 0.4) is 0 Å². The highest BCUT2D eigenvalue weighted by molar-refractivity contribution is 5.96. The average molecular weight is 230 g/mol. The number of amides is 1. The van der Waals surface area contributed by atoms with Crippen LogP contribution in [0.2, 0.25) is 0 Å². The van der Waals surface area contributed by atoms with Gasteiger partial charge in [0.05, 0.1) is 25.1 Å². The minimum Gasteiger partial charge on any atom is -0.497 e. The molecule has 1 amide bonds. The smallest absolute Gasteiger partial charge is 0.228 e. The van der Waals surface area contributed by atoms with Gasteiger partial charge in [0.15, 0.2) is 0 Å². The van der Waals surface area contributed by atoms with E-state index in [4.69, 9.17) is 10.00 Å². The van der Waals surface area contributed by atoms with Crippen LogP contribution in [0.25, 0.3) is 0 Å². The maximum Gasteiger partial charge on any atom is 0.228 e. The van der Waals surface area contributed by atoms with Gasteiger partial charge in [0.2, 0.25) is 5.91 Å². The van der Waals surface area contributed by atoms with Gasteiger partial charge in [-0.3, -0.25) is 4.79 Å². The molecule has 0 saturated carbocycles. The Morgan fingerprint density at radius 2 is 2.06 bits per heavy atom. The molecule has 1 heterocycles. The summed E-state index contributed by atoms with van der Waals surface area (Å²) in [7, 11) is 1.60. The van der Waals surface area contributed by atoms with Crippen LogP contribution in [0.1, 0.15) is 13.3 Å². The van der Waals surface area contributed by atoms with Gasteiger partial charge >= 0.3 is 0 Å². The minimum atomic E-state index is -0.218. The highest BCUT2D eigenvalue weighted by Gasteiger charge is 2.37. The first-order valence-corrected chi connectivity index (χ1v) is 5.53. The number of benzene rings is 1. The van der Waals surface area contributed by atoms with Gasteiger partial charge in [-0.1, -0.05) is 0 Å². The van der Waals surface area contributed by atoms with E-state index in [2.05, 4.69) is 6.07 Å². The number of carbonyl (C=O) groups is 1. The van der Waals surface area contributed by atoms with Crippen LogP contribution in [0.15, 0.2) is 24.3 Å². The van der Waals surface area contributed by atoms with E-state index in [0.717, 1.165) is 11.4 Å². The van der Waals surface area contributed by atoms with Crippen molar-refractivity contribution in [3.63, 3.8) is 0 Å². The van der Waals surface area contributed by atoms with E-state index in [1.54, 1.807) is 12.0 Å². The van der Waals surface area contributed by atoms with Crippen molar-refractivity contribution in [2.45, 2.75) is 19.4 Å². The van der Waals surface area contributed by atoms with E-state index < -0.39 is 0 Å². The molecule has 17 heavy (non-hydrogen) atoms. The lowest BCUT2D eigenvalue weighted by Crippen LogP contribution is -2.32. The molecular formula is C13H14N2O2. The van der Waals surface area contributed by atoms with Crippen LogP contribution in [-0.4, -0.2) is 19.1 Å². The highest BCUT2D eigenvalue weighted by atomic mass is 16.5. The third-order valence-corrected chi connectivity index (χ3v) is 3.17. The molecule has 1 aromatic carbocycles. The summed E-state index contributed by atoms with van der Waals surface area (Å²) in [6, 6.07) is 9.42. The summed E-state index contributed by atoms with van der Waals surface area (Å²) in [4.78, 5) is 13.5. The van der Waals surface area contributed by atoms with Crippen molar-refractivity contribution >= 4 is 11.6 Å². The lowest BCUT2D eigenvalue weighted by Gasteiger charge is -2.22. The van der Waals surface area contributed by atoms with Gasteiger partial charge in [-0.15, -0.1) is 0 Å². The predicted octanol–water partition coefficient (Wildman–Crippen LogP) is 1.96. The summed E-state index contributed by atoms with van der Waals surface area (Å²) >= 11 is 0. The molecule has 88 valence electrons. The summed E-state index contributed by atoms with van der Waals surface area (Å²) < 4.78 is 5.07. The van der Waals surface area contributed by atoms with Gasteiger partial charge in [-0.25, -0.2) is 0 Å². The van der Waals surface area contributed by atoms with Crippen LogP contribution < -0.4 is 9.64 Å². The third kappa shape index (κ3) is 1.96. The monoisotopic (exact) mass is 230 g/mol. The largest absolute Gasteiger partial charge is 0.497 e. The van der Waals surface area contributed by atoms with Gasteiger partial charge < -0.3 is 9.64 Å². The van der Waals surface area contributed by atoms with E-state index in [-0.39, 0.29) is 17.9 Å². The maximum atomic E-state index is 11.9. The Kier molecular flexibility index (Phi) is 3.01. The Bertz CT molecular complexity index is 461. The number of hydrogen-bond donors (Lipinski definition) is 0. The number of nitrogens with zero attached hydrogens (tertiary/aromatic N) is 2. The normalized spacial score (nSPS) is 23.6. The van der Waals surface area contributed by atoms with Crippen molar-refractivity contribution in [1.29, 1.82) is 5.26 Å². The molecule has 2 rings (SSSR count). The molecular weight excluding hydrogens is 216 g/mol. The van der Waals surface area contributed by atoms with Crippen molar-refractivity contribution in [2.24, 2.45) is 5.92 Å². The number of methoxy groups -OCH3 is 1. The molecule has 1 aliphatic rings. The van der Waals surface area contributed by atoms with Crippen molar-refractivity contribution in [1.82, 2.24) is 0 Å². The van der Waals surface area contributed by atoms with Gasteiger partial charge in [0.1, 0.15) is 5.75 Å². The zero-order valence-corrected chi connectivity index (χ0v) is 9.88. The van der Waals surface area contributed by atoms with Gasteiger partial charge in [0.25, 0.3) is 0 Å². The molecule has 1 fully saturated rings. The molecule has 2 unspecified atom stereocenters. The van der Waals surface area contributed by atoms with E-state index in [1.165, 1.54) is 0 Å². The van der Waals surface area contributed by atoms with Gasteiger partial charge in [0, 0.05) is 12.1 Å². The van der Waals surface area contributed by atoms with Crippen LogP contribution in [0, 0.1) is 17.2 Å². The zero-order chi connectivity index (χ0) is 12.4. The molecule has 4 nitrogen and oxygen atoms in total. The Balaban J connectivity index is 2.27. The summed E-state index contributed by atoms with van der Waals surface area (Å²) in [6.07, 6.45) is 0.309. The van der Waals surface area contributed by atoms with Crippen molar-refractivity contribution in [3.8, 4) is 11.8 Å². The molecule has 1 aromatic rings. The average Bonchev–Trinajstić information content (AvgIpc) is 2.64. The molecule has 1 aliphatic heterocycles. The topological polar surface area (TPSA) is 53.3 Å². The Hall–Kier alpha value is -2.02. The van der Waals surface area contributed by atoms with Crippen molar-refractivity contribution in [2.75, 3.05) is 12.0 Å². The Morgan fingerprint density at radius 1 is 1.41 bits per heavy atom. The first-order valence-electron chi connectivity index (χ1n) is 5.53. The van der Waals surface area contributed by atoms with Crippen molar-refractivity contribution < 1.29 is 9.53 Å². The second-order valence-electron chi connectivity index (χ2n) is 4.14. The fourth-order valence-electron chi connectivity index (χ4n) is 2.14. The van der Waals surface area contributed by atoms with Crippen LogP contribution in [-0.2, 0) is 4.79 Å². The first-order chi connectivity index (χ1) is 8.17. The van der Waals surface area contributed by atoms with Gasteiger partial charge in [-0.2, -0.15) is 5.26 Å². The molecule has 1 saturated heterocycles. The SMILES string of the molecule is COc1ccc(N2C(=O)CC(C#N)C2C)cc1. The maximum absolute atomic E-state index is 11.9. The Morgan fingerprint density at radius 3 is 2.53 bits per heavy atom. The lowest BCUT2D eigenvalue weighted by atomic mass is 10.0. The summed E-state index contributed by atoms with van der Waals surface area (Å²) in [5.41, 5.74) is 0.820. The second kappa shape index (κ2) is 4.46. The second-order valence-corrected chi connectivity index (χ2v) is 4.14.